The van der Waals surface area contributed by atoms with E-state index in [-0.39, 0.29) is 12.1 Å². The summed E-state index contributed by atoms with van der Waals surface area (Å²) in [5.74, 6) is 2.52. The Morgan fingerprint density at radius 1 is 1.20 bits per heavy atom. The average molecular weight is 280 g/mol. The highest BCUT2D eigenvalue weighted by Crippen LogP contribution is 2.22. The summed E-state index contributed by atoms with van der Waals surface area (Å²) in [6.07, 6.45) is 3.49. The molecule has 1 rings (SSSR count). The molecule has 0 aliphatic carbocycles. The summed E-state index contributed by atoms with van der Waals surface area (Å²) in [6, 6.07) is 1.94. The van der Waals surface area contributed by atoms with Crippen LogP contribution in [0.1, 0.15) is 52.8 Å². The molecule has 0 bridgehead atoms. The molecule has 20 heavy (non-hydrogen) atoms. The molecular weight excluding hydrogens is 252 g/mol. The van der Waals surface area contributed by atoms with Crippen LogP contribution in [-0.4, -0.2) is 33.8 Å². The van der Waals surface area contributed by atoms with E-state index in [9.17, 15) is 5.11 Å². The van der Waals surface area contributed by atoms with Gasteiger partial charge in [-0.25, -0.2) is 9.97 Å². The summed E-state index contributed by atoms with van der Waals surface area (Å²) in [6.45, 7) is 9.47. The smallest absolute Gasteiger partial charge is 0.132 e. The van der Waals surface area contributed by atoms with Crippen LogP contribution in [-0.2, 0) is 6.42 Å². The number of aliphatic hydroxyl groups excluding tert-OH is 1. The summed E-state index contributed by atoms with van der Waals surface area (Å²) in [4.78, 5) is 9.01. The van der Waals surface area contributed by atoms with Gasteiger partial charge in [-0.15, -0.1) is 0 Å². The molecule has 0 spiro atoms. The lowest BCUT2D eigenvalue weighted by atomic mass is 9.95. The van der Waals surface area contributed by atoms with Gasteiger partial charge in [0.15, 0.2) is 0 Å². The molecule has 1 aromatic heterocycles. The summed E-state index contributed by atoms with van der Waals surface area (Å²) >= 11 is 0. The van der Waals surface area contributed by atoms with Crippen molar-refractivity contribution in [3.63, 3.8) is 0 Å². The highest BCUT2D eigenvalue weighted by atomic mass is 16.3. The number of aliphatic hydroxyl groups is 1. The number of hydrogen-bond donors (Lipinski definition) is 3. The van der Waals surface area contributed by atoms with Gasteiger partial charge in [0, 0.05) is 31.2 Å². The van der Waals surface area contributed by atoms with Gasteiger partial charge in [0.25, 0.3) is 0 Å². The third-order valence-corrected chi connectivity index (χ3v) is 3.52. The van der Waals surface area contributed by atoms with Crippen LogP contribution in [0.15, 0.2) is 6.07 Å². The molecule has 0 saturated heterocycles. The second-order valence-electron chi connectivity index (χ2n) is 5.35. The maximum atomic E-state index is 9.20. The van der Waals surface area contributed by atoms with E-state index in [1.807, 2.05) is 6.07 Å². The first-order valence-corrected chi connectivity index (χ1v) is 7.57. The molecule has 1 aromatic rings. The zero-order valence-corrected chi connectivity index (χ0v) is 13.2. The third kappa shape index (κ3) is 4.96. The van der Waals surface area contributed by atoms with E-state index < -0.39 is 0 Å². The normalized spacial score (nSPS) is 13.8. The van der Waals surface area contributed by atoms with Crippen molar-refractivity contribution < 1.29 is 5.11 Å². The first-order chi connectivity index (χ1) is 9.56. The first kappa shape index (κ1) is 16.7. The van der Waals surface area contributed by atoms with Crippen LogP contribution >= 0.6 is 0 Å². The Balaban J connectivity index is 2.92. The minimum absolute atomic E-state index is 0.143. The fourth-order valence-electron chi connectivity index (χ4n) is 1.95. The molecule has 1 atom stereocenters. The summed E-state index contributed by atoms with van der Waals surface area (Å²) in [5, 5.41) is 15.9. The zero-order valence-electron chi connectivity index (χ0n) is 13.2. The molecule has 0 radical (unpaired) electrons. The number of nitrogens with one attached hydrogen (secondary N) is 2. The maximum absolute atomic E-state index is 9.20. The summed E-state index contributed by atoms with van der Waals surface area (Å²) < 4.78 is 0. The van der Waals surface area contributed by atoms with Gasteiger partial charge in [-0.3, -0.25) is 0 Å². The van der Waals surface area contributed by atoms with Crippen molar-refractivity contribution in [1.82, 2.24) is 9.97 Å². The Morgan fingerprint density at radius 3 is 2.45 bits per heavy atom. The average Bonchev–Trinajstić information content (AvgIpc) is 2.45. The van der Waals surface area contributed by atoms with Gasteiger partial charge < -0.3 is 15.7 Å². The number of anilines is 2. The number of aryl methyl sites for hydroxylation is 1. The van der Waals surface area contributed by atoms with Crippen LogP contribution in [0.2, 0.25) is 0 Å². The lowest BCUT2D eigenvalue weighted by Crippen LogP contribution is -2.35. The number of rotatable bonds is 9. The first-order valence-electron chi connectivity index (χ1n) is 7.57. The fraction of sp³-hybridized carbons (Fsp3) is 0.733. The Morgan fingerprint density at radius 2 is 1.90 bits per heavy atom. The molecule has 0 amide bonds. The Bertz CT molecular complexity index is 411. The van der Waals surface area contributed by atoms with E-state index in [4.69, 9.17) is 0 Å². The quantitative estimate of drug-likeness (QED) is 0.649. The van der Waals surface area contributed by atoms with Crippen LogP contribution in [0.5, 0.6) is 0 Å². The van der Waals surface area contributed by atoms with Crippen LogP contribution in [0.4, 0.5) is 11.6 Å². The van der Waals surface area contributed by atoms with Crippen molar-refractivity contribution in [2.24, 2.45) is 0 Å². The number of aromatic nitrogens is 2. The van der Waals surface area contributed by atoms with Gasteiger partial charge in [-0.1, -0.05) is 20.8 Å². The molecule has 0 fully saturated rings. The number of nitrogens with zero attached hydrogens (tertiary/aromatic N) is 2. The molecule has 1 heterocycles. The summed E-state index contributed by atoms with van der Waals surface area (Å²) in [7, 11) is 0. The topological polar surface area (TPSA) is 70.1 Å². The van der Waals surface area contributed by atoms with Crippen molar-refractivity contribution in [2.75, 3.05) is 23.8 Å². The summed E-state index contributed by atoms with van der Waals surface area (Å²) in [5.41, 5.74) is -0.143. The molecule has 0 aliphatic heterocycles. The van der Waals surface area contributed by atoms with Crippen LogP contribution in [0.3, 0.4) is 0 Å². The fourth-order valence-corrected chi connectivity index (χ4v) is 1.95. The van der Waals surface area contributed by atoms with E-state index in [0.717, 1.165) is 43.3 Å². The van der Waals surface area contributed by atoms with E-state index >= 15 is 0 Å². The SMILES string of the molecule is CCCNc1cc(NC(C)(CC)CCO)nc(CC)n1. The minimum atomic E-state index is -0.143. The molecule has 3 N–H and O–H groups in total. The molecule has 0 aromatic carbocycles. The van der Waals surface area contributed by atoms with Crippen molar-refractivity contribution in [3.05, 3.63) is 11.9 Å². The number of hydrogen-bond acceptors (Lipinski definition) is 5. The molecule has 5 nitrogen and oxygen atoms in total. The second-order valence-corrected chi connectivity index (χ2v) is 5.35. The van der Waals surface area contributed by atoms with E-state index in [0.29, 0.717) is 6.42 Å². The predicted octanol–water partition coefficient (Wildman–Crippen LogP) is 2.82. The van der Waals surface area contributed by atoms with Crippen molar-refractivity contribution in [2.45, 2.75) is 58.9 Å². The predicted molar refractivity (Wildman–Crippen MR) is 84.2 cm³/mol. The largest absolute Gasteiger partial charge is 0.396 e. The third-order valence-electron chi connectivity index (χ3n) is 3.52. The van der Waals surface area contributed by atoms with Gasteiger partial charge in [-0.2, -0.15) is 0 Å². The standard InChI is InChI=1S/C15H28N4O/c1-5-9-16-13-11-14(18-12(6-2)17-13)19-15(4,7-3)8-10-20/h11,20H,5-10H2,1-4H3,(H2,16,17,18,19). The van der Waals surface area contributed by atoms with Gasteiger partial charge in [0.1, 0.15) is 17.5 Å². The minimum Gasteiger partial charge on any atom is -0.396 e. The lowest BCUT2D eigenvalue weighted by molar-refractivity contribution is 0.252. The van der Waals surface area contributed by atoms with Crippen molar-refractivity contribution in [1.29, 1.82) is 0 Å². The Kier molecular flexibility index (Phi) is 6.71. The highest BCUT2D eigenvalue weighted by Gasteiger charge is 2.22. The van der Waals surface area contributed by atoms with Crippen LogP contribution < -0.4 is 10.6 Å². The van der Waals surface area contributed by atoms with Crippen LogP contribution in [0, 0.1) is 0 Å². The van der Waals surface area contributed by atoms with Gasteiger partial charge in [-0.05, 0) is 26.2 Å². The molecule has 5 heteroatoms. The monoisotopic (exact) mass is 280 g/mol. The van der Waals surface area contributed by atoms with Gasteiger partial charge >= 0.3 is 0 Å². The Hall–Kier alpha value is -1.36. The molecule has 0 aliphatic rings. The van der Waals surface area contributed by atoms with Crippen LogP contribution in [0.25, 0.3) is 0 Å². The Labute approximate surface area is 122 Å². The molecular formula is C15H28N4O. The molecule has 0 saturated carbocycles. The van der Waals surface area contributed by atoms with Crippen molar-refractivity contribution >= 4 is 11.6 Å². The molecule has 1 unspecified atom stereocenters. The van der Waals surface area contributed by atoms with Gasteiger partial charge in [0.05, 0.1) is 0 Å². The molecule has 114 valence electrons. The van der Waals surface area contributed by atoms with E-state index in [1.165, 1.54) is 0 Å². The van der Waals surface area contributed by atoms with E-state index in [1.54, 1.807) is 0 Å². The van der Waals surface area contributed by atoms with Crippen molar-refractivity contribution in [3.8, 4) is 0 Å². The van der Waals surface area contributed by atoms with Gasteiger partial charge in [0.2, 0.25) is 0 Å². The van der Waals surface area contributed by atoms with E-state index in [2.05, 4.69) is 48.3 Å². The zero-order chi connectivity index (χ0) is 15.0. The highest BCUT2D eigenvalue weighted by molar-refractivity contribution is 5.49. The maximum Gasteiger partial charge on any atom is 0.132 e. The second kappa shape index (κ2) is 8.04. The lowest BCUT2D eigenvalue weighted by Gasteiger charge is -2.29.